The number of carbonyl (C=O) groups excluding carboxylic acids is 3. The van der Waals surface area contributed by atoms with Gasteiger partial charge in [-0.3, -0.25) is 0 Å². The van der Waals surface area contributed by atoms with Gasteiger partial charge in [0.25, 0.3) is 0 Å². The van der Waals surface area contributed by atoms with Crippen molar-refractivity contribution in [3.8, 4) is 0 Å². The van der Waals surface area contributed by atoms with E-state index in [1.807, 2.05) is 26.0 Å². The molecule has 1 aromatic rings. The topological polar surface area (TPSA) is 93.7 Å². The number of nitrogens with one attached hydrogen (secondary N) is 2. The van der Waals surface area contributed by atoms with E-state index in [0.717, 1.165) is 12.0 Å². The molecule has 1 aliphatic rings. The second kappa shape index (κ2) is 9.03. The van der Waals surface area contributed by atoms with Crippen molar-refractivity contribution in [2.45, 2.75) is 39.7 Å². The maximum Gasteiger partial charge on any atom is 0.338 e. The maximum atomic E-state index is 12.3. The molecule has 2 N–H and O–H groups in total. The van der Waals surface area contributed by atoms with E-state index in [2.05, 4.69) is 10.6 Å². The first-order chi connectivity index (χ1) is 12.5. The summed E-state index contributed by atoms with van der Waals surface area (Å²) >= 11 is 0. The Kier molecular flexibility index (Phi) is 6.77. The van der Waals surface area contributed by atoms with Crippen LogP contribution in [-0.2, 0) is 20.7 Å². The molecule has 140 valence electrons. The van der Waals surface area contributed by atoms with Gasteiger partial charge in [0.05, 0.1) is 29.5 Å². The average molecular weight is 360 g/mol. The molecule has 2 rings (SSSR count). The van der Waals surface area contributed by atoms with Crippen LogP contribution in [0.15, 0.2) is 35.5 Å². The van der Waals surface area contributed by atoms with Gasteiger partial charge in [-0.05, 0) is 37.5 Å². The lowest BCUT2D eigenvalue weighted by atomic mass is 10.0. The number of hydrogen-bond donors (Lipinski definition) is 2. The molecular weight excluding hydrogens is 336 g/mol. The number of ether oxygens (including phenoxy) is 2. The quantitative estimate of drug-likeness (QED) is 0.728. The number of carbonyl (C=O) groups is 3. The molecule has 26 heavy (non-hydrogen) atoms. The lowest BCUT2D eigenvalue weighted by Crippen LogP contribution is -2.51. The molecule has 1 atom stereocenters. The first-order valence-corrected chi connectivity index (χ1v) is 8.73. The Morgan fingerprint density at radius 2 is 1.73 bits per heavy atom. The van der Waals surface area contributed by atoms with Crippen molar-refractivity contribution in [1.29, 1.82) is 0 Å². The predicted octanol–water partition coefficient (Wildman–Crippen LogP) is 2.31. The van der Waals surface area contributed by atoms with E-state index in [-0.39, 0.29) is 24.5 Å². The molecule has 0 fully saturated rings. The Labute approximate surface area is 152 Å². The summed E-state index contributed by atoms with van der Waals surface area (Å²) in [5.74, 6) is -1.06. The van der Waals surface area contributed by atoms with Crippen LogP contribution in [0.2, 0.25) is 0 Å². The summed E-state index contributed by atoms with van der Waals surface area (Å²) in [4.78, 5) is 36.3. The van der Waals surface area contributed by atoms with E-state index in [9.17, 15) is 14.4 Å². The van der Waals surface area contributed by atoms with Crippen LogP contribution in [0.3, 0.4) is 0 Å². The van der Waals surface area contributed by atoms with Crippen LogP contribution < -0.4 is 10.6 Å². The van der Waals surface area contributed by atoms with Gasteiger partial charge in [0.15, 0.2) is 0 Å². The van der Waals surface area contributed by atoms with Gasteiger partial charge in [-0.15, -0.1) is 0 Å². The maximum absolute atomic E-state index is 12.3. The number of amides is 2. The Morgan fingerprint density at radius 3 is 2.31 bits per heavy atom. The summed E-state index contributed by atoms with van der Waals surface area (Å²) in [5, 5.41) is 5.21. The fourth-order valence-corrected chi connectivity index (χ4v) is 2.67. The van der Waals surface area contributed by atoms with E-state index in [4.69, 9.17) is 9.47 Å². The fourth-order valence-electron chi connectivity index (χ4n) is 2.67. The van der Waals surface area contributed by atoms with Crippen LogP contribution >= 0.6 is 0 Å². The molecular formula is C19H24N2O5. The van der Waals surface area contributed by atoms with Crippen molar-refractivity contribution < 1.29 is 23.9 Å². The molecule has 0 bridgehead atoms. The highest BCUT2D eigenvalue weighted by Crippen LogP contribution is 2.18. The second-order valence-electron chi connectivity index (χ2n) is 5.80. The molecule has 1 aromatic carbocycles. The van der Waals surface area contributed by atoms with Crippen molar-refractivity contribution in [3.05, 3.63) is 46.7 Å². The molecule has 0 saturated heterocycles. The number of urea groups is 1. The first kappa shape index (κ1) is 19.5. The summed E-state index contributed by atoms with van der Waals surface area (Å²) in [5.41, 5.74) is 2.05. The number of aryl methyl sites for hydroxylation is 1. The first-order valence-electron chi connectivity index (χ1n) is 8.73. The monoisotopic (exact) mass is 360 g/mol. The minimum Gasteiger partial charge on any atom is -0.463 e. The summed E-state index contributed by atoms with van der Waals surface area (Å²) < 4.78 is 10.4. The Bertz CT molecular complexity index is 709. The van der Waals surface area contributed by atoms with Crippen LogP contribution in [0.1, 0.15) is 43.1 Å². The minimum atomic E-state index is -0.537. The van der Waals surface area contributed by atoms with Crippen molar-refractivity contribution in [3.63, 3.8) is 0 Å². The normalized spacial score (nSPS) is 16.6. The van der Waals surface area contributed by atoms with Gasteiger partial charge in [0.1, 0.15) is 6.61 Å². The van der Waals surface area contributed by atoms with Gasteiger partial charge in [0, 0.05) is 0 Å². The minimum absolute atomic E-state index is 0.212. The number of hydrogen-bond acceptors (Lipinski definition) is 5. The Morgan fingerprint density at radius 1 is 1.04 bits per heavy atom. The van der Waals surface area contributed by atoms with Crippen LogP contribution in [0.5, 0.6) is 0 Å². The van der Waals surface area contributed by atoms with Gasteiger partial charge < -0.3 is 20.1 Å². The predicted molar refractivity (Wildman–Crippen MR) is 95.5 cm³/mol. The van der Waals surface area contributed by atoms with Gasteiger partial charge in [-0.1, -0.05) is 26.0 Å². The van der Waals surface area contributed by atoms with Crippen LogP contribution in [0, 0.1) is 0 Å². The van der Waals surface area contributed by atoms with E-state index in [0.29, 0.717) is 12.0 Å². The molecule has 2 amide bonds. The molecule has 0 aromatic heterocycles. The molecule has 0 radical (unpaired) electrons. The summed E-state index contributed by atoms with van der Waals surface area (Å²) in [6, 6.07) is 6.18. The largest absolute Gasteiger partial charge is 0.463 e. The van der Waals surface area contributed by atoms with Crippen molar-refractivity contribution in [2.75, 3.05) is 13.2 Å². The summed E-state index contributed by atoms with van der Waals surface area (Å²) in [7, 11) is 0. The SMILES string of the molecule is CCOC(=O)C1=C(COC(=O)c2ccc(CC)cc2)NC(=O)N[C@H]1CC. The lowest BCUT2D eigenvalue weighted by Gasteiger charge is -2.28. The van der Waals surface area contributed by atoms with E-state index in [1.165, 1.54) is 0 Å². The van der Waals surface area contributed by atoms with Crippen molar-refractivity contribution >= 4 is 18.0 Å². The van der Waals surface area contributed by atoms with E-state index < -0.39 is 24.0 Å². The second-order valence-corrected chi connectivity index (χ2v) is 5.80. The summed E-state index contributed by atoms with van der Waals surface area (Å²) in [6.45, 7) is 5.57. The molecule has 0 spiro atoms. The standard InChI is InChI=1S/C19H24N2O5/c1-4-12-7-9-13(10-8-12)17(22)26-11-15-16(18(23)25-6-3)14(5-2)20-19(24)21-15/h7-10,14H,4-6,11H2,1-3H3,(H2,20,21,24)/t14-/m0/s1. The Balaban J connectivity index is 2.17. The third-order valence-electron chi connectivity index (χ3n) is 4.09. The molecule has 1 heterocycles. The van der Waals surface area contributed by atoms with Gasteiger partial charge in [0.2, 0.25) is 0 Å². The molecule has 7 nitrogen and oxygen atoms in total. The van der Waals surface area contributed by atoms with Crippen LogP contribution in [0.4, 0.5) is 4.79 Å². The summed E-state index contributed by atoms with van der Waals surface area (Å²) in [6.07, 6.45) is 1.39. The van der Waals surface area contributed by atoms with E-state index >= 15 is 0 Å². The molecule has 0 aliphatic carbocycles. The van der Waals surface area contributed by atoms with Crippen LogP contribution in [-0.4, -0.2) is 37.2 Å². The van der Waals surface area contributed by atoms with Gasteiger partial charge in [-0.25, -0.2) is 14.4 Å². The van der Waals surface area contributed by atoms with Gasteiger partial charge in [-0.2, -0.15) is 0 Å². The number of rotatable bonds is 7. The lowest BCUT2D eigenvalue weighted by molar-refractivity contribution is -0.139. The zero-order chi connectivity index (χ0) is 19.1. The molecule has 0 unspecified atom stereocenters. The highest BCUT2D eigenvalue weighted by Gasteiger charge is 2.32. The third kappa shape index (κ3) is 4.62. The molecule has 1 aliphatic heterocycles. The Hall–Kier alpha value is -2.83. The smallest absolute Gasteiger partial charge is 0.338 e. The average Bonchev–Trinajstić information content (AvgIpc) is 2.65. The van der Waals surface area contributed by atoms with Crippen molar-refractivity contribution in [1.82, 2.24) is 10.6 Å². The zero-order valence-corrected chi connectivity index (χ0v) is 15.3. The number of esters is 2. The molecule has 0 saturated carbocycles. The third-order valence-corrected chi connectivity index (χ3v) is 4.09. The van der Waals surface area contributed by atoms with Crippen molar-refractivity contribution in [2.24, 2.45) is 0 Å². The van der Waals surface area contributed by atoms with Crippen LogP contribution in [0.25, 0.3) is 0 Å². The highest BCUT2D eigenvalue weighted by molar-refractivity contribution is 5.95. The van der Waals surface area contributed by atoms with E-state index in [1.54, 1.807) is 19.1 Å². The fraction of sp³-hybridized carbons (Fsp3) is 0.421. The highest BCUT2D eigenvalue weighted by atomic mass is 16.5. The zero-order valence-electron chi connectivity index (χ0n) is 15.3. The molecule has 7 heteroatoms. The number of benzene rings is 1. The van der Waals surface area contributed by atoms with Gasteiger partial charge >= 0.3 is 18.0 Å².